The number of fused-ring (bicyclic) bond motifs is 1. The third-order valence-corrected chi connectivity index (χ3v) is 7.39. The summed E-state index contributed by atoms with van der Waals surface area (Å²) in [5.74, 6) is 0.925. The highest BCUT2D eigenvalue weighted by Crippen LogP contribution is 2.20. The summed E-state index contributed by atoms with van der Waals surface area (Å²) in [4.78, 5) is 42.1. The molecule has 0 aliphatic carbocycles. The molecule has 4 aromatic rings. The van der Waals surface area contributed by atoms with Gasteiger partial charge in [0.05, 0.1) is 17.4 Å². The number of nitrogens with one attached hydrogen (secondary N) is 1. The lowest BCUT2D eigenvalue weighted by Gasteiger charge is -2.34. The first-order valence-corrected chi connectivity index (χ1v) is 12.5. The number of para-hydroxylation sites is 1. The molecule has 1 aliphatic rings. The van der Waals surface area contributed by atoms with Crippen LogP contribution in [0.4, 0.5) is 0 Å². The molecule has 178 valence electrons. The van der Waals surface area contributed by atoms with Crippen LogP contribution in [0.1, 0.15) is 21.5 Å². The minimum Gasteiger partial charge on any atom is -0.336 e. The molecule has 1 amide bonds. The van der Waals surface area contributed by atoms with Gasteiger partial charge in [-0.2, -0.15) is 0 Å². The van der Waals surface area contributed by atoms with Gasteiger partial charge in [-0.3, -0.25) is 19.1 Å². The van der Waals surface area contributed by atoms with Gasteiger partial charge < -0.3 is 4.90 Å². The minimum atomic E-state index is -0.463. The Hall–Kier alpha value is -3.62. The van der Waals surface area contributed by atoms with Crippen LogP contribution in [-0.2, 0) is 12.3 Å². The molecule has 5 rings (SSSR count). The molecule has 0 radical (unpaired) electrons. The van der Waals surface area contributed by atoms with Gasteiger partial charge in [-0.15, -0.1) is 0 Å². The lowest BCUT2D eigenvalue weighted by atomic mass is 10.1. The Bertz CT molecular complexity index is 1460. The largest absolute Gasteiger partial charge is 0.336 e. The van der Waals surface area contributed by atoms with E-state index < -0.39 is 11.2 Å². The van der Waals surface area contributed by atoms with Crippen molar-refractivity contribution in [1.29, 1.82) is 0 Å². The number of carbonyl (C=O) groups excluding carboxylic acids is 1. The van der Waals surface area contributed by atoms with Gasteiger partial charge >= 0.3 is 5.69 Å². The molecule has 2 heterocycles. The molecule has 1 fully saturated rings. The number of aromatic nitrogens is 2. The van der Waals surface area contributed by atoms with Gasteiger partial charge in [0.15, 0.2) is 0 Å². The molecule has 0 spiro atoms. The zero-order valence-electron chi connectivity index (χ0n) is 19.2. The van der Waals surface area contributed by atoms with E-state index in [0.717, 1.165) is 24.4 Å². The van der Waals surface area contributed by atoms with E-state index in [-0.39, 0.29) is 12.5 Å². The number of benzene rings is 3. The number of piperazine rings is 1. The van der Waals surface area contributed by atoms with E-state index in [1.54, 1.807) is 36.2 Å². The Kier molecular flexibility index (Phi) is 6.83. The number of H-pyrrole nitrogens is 1. The first kappa shape index (κ1) is 23.1. The highest BCUT2D eigenvalue weighted by atomic mass is 32.2. The molecule has 0 unspecified atom stereocenters. The minimum absolute atomic E-state index is 0.00164. The number of rotatable bonds is 6. The van der Waals surface area contributed by atoms with Crippen molar-refractivity contribution >= 4 is 28.8 Å². The highest BCUT2D eigenvalue weighted by molar-refractivity contribution is 7.96. The number of hydrogen-bond donors (Lipinski definition) is 1. The lowest BCUT2D eigenvalue weighted by molar-refractivity contribution is 0.0703. The summed E-state index contributed by atoms with van der Waals surface area (Å²) in [6.07, 6.45) is 0. The fourth-order valence-corrected chi connectivity index (χ4v) is 5.27. The van der Waals surface area contributed by atoms with E-state index in [1.165, 1.54) is 10.1 Å². The number of nitrogens with zero attached hydrogens (tertiary/aromatic N) is 3. The molecule has 0 saturated carbocycles. The predicted molar refractivity (Wildman–Crippen MR) is 140 cm³/mol. The second-order valence-corrected chi connectivity index (χ2v) is 9.61. The van der Waals surface area contributed by atoms with Crippen LogP contribution in [0.3, 0.4) is 0 Å². The quantitative estimate of drug-likeness (QED) is 0.423. The van der Waals surface area contributed by atoms with Crippen LogP contribution in [0.5, 0.6) is 0 Å². The Labute approximate surface area is 207 Å². The van der Waals surface area contributed by atoms with Crippen molar-refractivity contribution in [3.05, 3.63) is 116 Å². The molecule has 3 aromatic carbocycles. The zero-order valence-corrected chi connectivity index (χ0v) is 20.0. The van der Waals surface area contributed by atoms with E-state index in [9.17, 15) is 14.4 Å². The average molecular weight is 487 g/mol. The van der Waals surface area contributed by atoms with Crippen LogP contribution in [-0.4, -0.2) is 50.8 Å². The summed E-state index contributed by atoms with van der Waals surface area (Å²) in [7, 11) is 0. The van der Waals surface area contributed by atoms with Crippen LogP contribution < -0.4 is 11.2 Å². The zero-order chi connectivity index (χ0) is 24.2. The Morgan fingerprint density at radius 1 is 0.829 bits per heavy atom. The lowest BCUT2D eigenvalue weighted by Crippen LogP contribution is -2.46. The second kappa shape index (κ2) is 10.3. The maximum atomic E-state index is 13.2. The van der Waals surface area contributed by atoms with Crippen molar-refractivity contribution in [3.8, 4) is 0 Å². The number of carbonyl (C=O) groups is 1. The van der Waals surface area contributed by atoms with Gasteiger partial charge in [-0.05, 0) is 35.4 Å². The van der Waals surface area contributed by atoms with Crippen molar-refractivity contribution in [2.24, 2.45) is 0 Å². The Morgan fingerprint density at radius 3 is 2.34 bits per heavy atom. The van der Waals surface area contributed by atoms with E-state index in [4.69, 9.17) is 0 Å². The Morgan fingerprint density at radius 2 is 1.54 bits per heavy atom. The summed E-state index contributed by atoms with van der Waals surface area (Å²) in [5, 5.41) is 0.460. The second-order valence-electron chi connectivity index (χ2n) is 8.54. The van der Waals surface area contributed by atoms with Crippen molar-refractivity contribution in [2.45, 2.75) is 12.3 Å². The van der Waals surface area contributed by atoms with Crippen LogP contribution in [0, 0.1) is 0 Å². The first-order valence-electron chi connectivity index (χ1n) is 11.6. The SMILES string of the molecule is O=C(c1cccc(Cn2c(=O)[nH]c(=O)c3ccccc32)c1)N1CCN(SCc2ccccc2)CC1. The van der Waals surface area contributed by atoms with E-state index in [2.05, 4.69) is 33.6 Å². The number of hydrogen-bond acceptors (Lipinski definition) is 5. The van der Waals surface area contributed by atoms with Crippen molar-refractivity contribution in [1.82, 2.24) is 18.8 Å². The average Bonchev–Trinajstić information content (AvgIpc) is 2.90. The molecule has 1 saturated heterocycles. The standard InChI is InChI=1S/C27H26N4O3S/c32-25-23-11-4-5-12-24(23)31(27(34)28-25)18-21-9-6-10-22(17-21)26(33)29-13-15-30(16-14-29)35-19-20-7-2-1-3-8-20/h1-12,17H,13-16,18-19H2,(H,28,32,34). The van der Waals surface area contributed by atoms with Gasteiger partial charge in [0, 0.05) is 37.5 Å². The first-order chi connectivity index (χ1) is 17.1. The van der Waals surface area contributed by atoms with Gasteiger partial charge in [-0.1, -0.05) is 66.5 Å². The highest BCUT2D eigenvalue weighted by Gasteiger charge is 2.22. The van der Waals surface area contributed by atoms with Crippen LogP contribution >= 0.6 is 11.9 Å². The number of aromatic amines is 1. The molecule has 7 nitrogen and oxygen atoms in total. The van der Waals surface area contributed by atoms with Gasteiger partial charge in [0.1, 0.15) is 0 Å². The third-order valence-electron chi connectivity index (χ3n) is 6.20. The molecular weight excluding hydrogens is 460 g/mol. The van der Waals surface area contributed by atoms with Gasteiger partial charge in [0.25, 0.3) is 11.5 Å². The third kappa shape index (κ3) is 5.23. The molecule has 1 N–H and O–H groups in total. The maximum Gasteiger partial charge on any atom is 0.329 e. The summed E-state index contributed by atoms with van der Waals surface area (Å²) in [5.41, 5.74) is 2.44. The molecule has 0 atom stereocenters. The molecule has 1 aliphatic heterocycles. The smallest absolute Gasteiger partial charge is 0.329 e. The normalized spacial score (nSPS) is 14.3. The predicted octanol–water partition coefficient (Wildman–Crippen LogP) is 3.34. The molecule has 1 aromatic heterocycles. The molecule has 0 bridgehead atoms. The Balaban J connectivity index is 1.25. The van der Waals surface area contributed by atoms with Crippen molar-refractivity contribution < 1.29 is 4.79 Å². The molecular formula is C27H26N4O3S. The topological polar surface area (TPSA) is 78.4 Å². The van der Waals surface area contributed by atoms with Crippen molar-refractivity contribution in [3.63, 3.8) is 0 Å². The summed E-state index contributed by atoms with van der Waals surface area (Å²) in [6.45, 7) is 3.26. The summed E-state index contributed by atoms with van der Waals surface area (Å²) >= 11 is 1.80. The van der Waals surface area contributed by atoms with E-state index >= 15 is 0 Å². The van der Waals surface area contributed by atoms with Crippen molar-refractivity contribution in [2.75, 3.05) is 26.2 Å². The van der Waals surface area contributed by atoms with Gasteiger partial charge in [-0.25, -0.2) is 9.10 Å². The van der Waals surface area contributed by atoms with E-state index in [0.29, 0.717) is 29.6 Å². The monoisotopic (exact) mass is 486 g/mol. The van der Waals surface area contributed by atoms with Gasteiger partial charge in [0.2, 0.25) is 0 Å². The fraction of sp³-hybridized carbons (Fsp3) is 0.222. The molecule has 35 heavy (non-hydrogen) atoms. The summed E-state index contributed by atoms with van der Waals surface area (Å²) < 4.78 is 3.85. The molecule has 8 heteroatoms. The van der Waals surface area contributed by atoms with E-state index in [1.807, 2.05) is 35.2 Å². The number of amides is 1. The van der Waals surface area contributed by atoms with Crippen LogP contribution in [0.15, 0.2) is 88.5 Å². The van der Waals surface area contributed by atoms with Crippen LogP contribution in [0.25, 0.3) is 10.9 Å². The summed E-state index contributed by atoms with van der Waals surface area (Å²) in [6, 6.07) is 24.8. The van der Waals surface area contributed by atoms with Crippen LogP contribution in [0.2, 0.25) is 0 Å². The fourth-order valence-electron chi connectivity index (χ4n) is 4.33. The maximum absolute atomic E-state index is 13.2.